The number of hydrogen-bond donors (Lipinski definition) is 12. The van der Waals surface area contributed by atoms with Crippen molar-refractivity contribution in [1.29, 1.82) is 0 Å². The lowest BCUT2D eigenvalue weighted by Crippen LogP contribution is -2.52. The van der Waals surface area contributed by atoms with Gasteiger partial charge < -0.3 is 72.8 Å². The first-order valence-electron chi connectivity index (χ1n) is 36.5. The van der Waals surface area contributed by atoms with E-state index in [4.69, 9.17) is 10.5 Å². The van der Waals surface area contributed by atoms with Crippen LogP contribution in [0.1, 0.15) is 212 Å². The molecule has 34 heteroatoms. The maximum Gasteiger partial charge on any atom is 0.303 e. The van der Waals surface area contributed by atoms with Gasteiger partial charge in [0, 0.05) is 126 Å². The van der Waals surface area contributed by atoms with E-state index in [9.17, 15) is 117 Å². The molecule has 1 unspecified atom stereocenters. The minimum Gasteiger partial charge on any atom is -0.481 e. The van der Waals surface area contributed by atoms with E-state index in [2.05, 4.69) is 31.9 Å². The molecule has 0 aliphatic carbocycles. The molecule has 1 fully saturated rings. The van der Waals surface area contributed by atoms with Gasteiger partial charge in [-0.2, -0.15) is 11.8 Å². The van der Waals surface area contributed by atoms with Crippen molar-refractivity contribution in [2.45, 2.75) is 244 Å². The topological polar surface area (TPSA) is 536 Å². The number of aliphatic carboxylic acids is 5. The molecule has 1 aromatic carbocycles. The van der Waals surface area contributed by atoms with Crippen LogP contribution in [0.15, 0.2) is 24.3 Å². The molecule has 1 aromatic rings. The van der Waals surface area contributed by atoms with Gasteiger partial charge in [-0.25, -0.2) is 0 Å². The molecule has 13 N–H and O–H groups in total. The first kappa shape index (κ1) is 94.9. The van der Waals surface area contributed by atoms with Crippen LogP contribution < -0.4 is 37.6 Å². The maximum atomic E-state index is 14.5. The number of rotatable bonds is 59. The number of amides is 7. The third kappa shape index (κ3) is 38.1. The van der Waals surface area contributed by atoms with Crippen molar-refractivity contribution < 1.29 is 121 Å². The minimum absolute atomic E-state index is 0.0476. The fraction of sp³-hybridized carbons (Fsp3) is 0.662. The summed E-state index contributed by atoms with van der Waals surface area (Å²) in [6.45, 7) is 9.66. The van der Waals surface area contributed by atoms with E-state index in [1.54, 1.807) is 6.26 Å². The second-order valence-electron chi connectivity index (χ2n) is 28.1. The number of thioether (sulfide) groups is 1. The molecule has 1 saturated heterocycles. The Bertz CT molecular complexity index is 3310. The SMILES string of the molecule is CSC[C@H](NC(=O)CCC(=O)[C@H](CC(C)C)NC(=O)C1CCCN1C(=O)COCCCC(=O)[C@H](Cc1ccc(C(C)=O)cc1)NC(=O)[C@@H](CCC(=O)O)CC(=O)[C@@H](CCC(=O)O)NC(=O)[C@@H](CCC(=O)O)CC(=O)[C@@H](CCC(=O)O)NC(=O)[C@@H](CCC(=O)O)CC(=O)[C@@H](CCCCN)NC(C)=O)C(=O)CC(C)C. The fourth-order valence-corrected chi connectivity index (χ4v) is 12.8. The fourth-order valence-electron chi connectivity index (χ4n) is 12.2. The number of ether oxygens (including phenoxy) is 1. The summed E-state index contributed by atoms with van der Waals surface area (Å²) >= 11 is 1.40. The molecule has 33 nitrogen and oxygen atoms in total. The molecule has 0 bridgehead atoms. The van der Waals surface area contributed by atoms with Crippen LogP contribution in [0.25, 0.3) is 0 Å². The quantitative estimate of drug-likeness (QED) is 0.0329. The number of hydrogen-bond acceptors (Lipinski definition) is 22. The summed E-state index contributed by atoms with van der Waals surface area (Å²) in [5.41, 5.74) is 6.32. The molecule has 1 heterocycles. The zero-order chi connectivity index (χ0) is 81.3. The van der Waals surface area contributed by atoms with Crippen LogP contribution in [0.2, 0.25) is 0 Å². The predicted octanol–water partition coefficient (Wildman–Crippen LogP) is 3.27. The number of carbonyl (C=O) groups excluding carboxylic acids is 14. The highest BCUT2D eigenvalue weighted by molar-refractivity contribution is 7.98. The number of nitrogens with zero attached hydrogens (tertiary/aromatic N) is 1. The summed E-state index contributed by atoms with van der Waals surface area (Å²) < 4.78 is 5.70. The van der Waals surface area contributed by atoms with Gasteiger partial charge >= 0.3 is 29.8 Å². The summed E-state index contributed by atoms with van der Waals surface area (Å²) in [5, 5.41) is 63.7. The van der Waals surface area contributed by atoms with E-state index >= 15 is 0 Å². The molecular weight excluding hydrogens is 1430 g/mol. The number of ketones is 7. The molecule has 2 rings (SSSR count). The van der Waals surface area contributed by atoms with Crippen LogP contribution in [0.5, 0.6) is 0 Å². The van der Waals surface area contributed by atoms with Gasteiger partial charge in [0.05, 0.1) is 36.3 Å². The second-order valence-corrected chi connectivity index (χ2v) is 29.0. The van der Waals surface area contributed by atoms with Gasteiger partial charge in [-0.05, 0) is 121 Å². The molecule has 108 heavy (non-hydrogen) atoms. The van der Waals surface area contributed by atoms with Crippen LogP contribution >= 0.6 is 11.8 Å². The second kappa shape index (κ2) is 50.4. The van der Waals surface area contributed by atoms with E-state index in [-0.39, 0.29) is 101 Å². The predicted molar refractivity (Wildman–Crippen MR) is 390 cm³/mol. The Hall–Kier alpha value is -9.18. The lowest BCUT2D eigenvalue weighted by Gasteiger charge is -2.27. The van der Waals surface area contributed by atoms with Crippen LogP contribution in [-0.4, -0.2) is 223 Å². The molecule has 0 aromatic heterocycles. The molecule has 1 aliphatic rings. The normalized spacial score (nSPS) is 15.1. The Morgan fingerprint density at radius 1 is 0.491 bits per heavy atom. The smallest absolute Gasteiger partial charge is 0.303 e. The highest BCUT2D eigenvalue weighted by Crippen LogP contribution is 2.24. The van der Waals surface area contributed by atoms with Crippen molar-refractivity contribution in [3.05, 3.63) is 35.4 Å². The van der Waals surface area contributed by atoms with E-state index in [0.717, 1.165) is 6.92 Å². The average molecular weight is 1540 g/mol. The molecular formula is C74H110N8O25S. The Balaban J connectivity index is 2.41. The molecule has 0 spiro atoms. The van der Waals surface area contributed by atoms with Crippen LogP contribution in [0, 0.1) is 29.6 Å². The van der Waals surface area contributed by atoms with Gasteiger partial charge in [0.1, 0.15) is 12.6 Å². The van der Waals surface area contributed by atoms with Gasteiger partial charge in [0.2, 0.25) is 41.4 Å². The lowest BCUT2D eigenvalue weighted by molar-refractivity contribution is -0.142. The Kier molecular flexibility index (Phi) is 44.3. The molecule has 0 radical (unpaired) electrons. The summed E-state index contributed by atoms with van der Waals surface area (Å²) in [6.07, 6.45) is -6.44. The monoisotopic (exact) mass is 1540 g/mol. The zero-order valence-corrected chi connectivity index (χ0v) is 63.6. The van der Waals surface area contributed by atoms with Crippen LogP contribution in [-0.2, 0) is 97.5 Å². The van der Waals surface area contributed by atoms with E-state index in [1.807, 2.05) is 27.7 Å². The van der Waals surface area contributed by atoms with Gasteiger partial charge in [0.15, 0.2) is 40.5 Å². The maximum absolute atomic E-state index is 14.5. The Labute approximate surface area is 632 Å². The highest BCUT2D eigenvalue weighted by atomic mass is 32.2. The molecule has 0 saturated carbocycles. The minimum atomic E-state index is -1.84. The summed E-state index contributed by atoms with van der Waals surface area (Å²) in [7, 11) is 0. The summed E-state index contributed by atoms with van der Waals surface area (Å²) in [4.78, 5) is 251. The number of Topliss-reactive ketones (excluding diaryl/α,β-unsaturated/α-hetero) is 7. The molecule has 10 atom stereocenters. The van der Waals surface area contributed by atoms with Gasteiger partial charge in [-0.3, -0.25) is 91.1 Å². The molecule has 1 aliphatic heterocycles. The van der Waals surface area contributed by atoms with Gasteiger partial charge in [-0.1, -0.05) is 52.0 Å². The Morgan fingerprint density at radius 3 is 1.38 bits per heavy atom. The van der Waals surface area contributed by atoms with Crippen molar-refractivity contribution in [1.82, 2.24) is 36.8 Å². The third-order valence-corrected chi connectivity index (χ3v) is 18.7. The van der Waals surface area contributed by atoms with Gasteiger partial charge in [0.25, 0.3) is 0 Å². The van der Waals surface area contributed by atoms with Crippen molar-refractivity contribution in [2.75, 3.05) is 38.3 Å². The summed E-state index contributed by atoms with van der Waals surface area (Å²) in [5.74, 6) is -21.5. The number of likely N-dealkylation sites (tertiary alicyclic amines) is 1. The third-order valence-electron chi connectivity index (χ3n) is 18.0. The number of benzene rings is 1. The van der Waals surface area contributed by atoms with E-state index < -0.39 is 250 Å². The van der Waals surface area contributed by atoms with Crippen LogP contribution in [0.4, 0.5) is 0 Å². The van der Waals surface area contributed by atoms with Crippen molar-refractivity contribution in [2.24, 2.45) is 35.3 Å². The standard InChI is InChI=1S/C74H110N8O25S/c1-42(2)34-54(59(86)24-25-64(91)77-56(41-108-7)60(87)35-43(3)4)81-74(106)57-13-10-32-82(57)65(92)40-107-33-11-14-58(85)55(36-46-15-17-47(18-16-46)44(5)83)80-73(105)50(21-28-68(97)98)39-63(90)53(23-30-70(101)102)79-72(104)49(20-27-67(95)96)38-62(89)52(22-29-69(99)100)78-71(103)48(19-26-66(93)94)37-61(88)51(76-45(6)84)12-8-9-31-75/h15-18,42-43,48-57H,8-14,19-41,75H2,1-7H3,(H,76,84)(H,77,91)(H,78,103)(H,79,104)(H,80,105)(H,81,106)(H,93,94)(H,95,96)(H,97,98)(H,99,100)(H,101,102)/t48-,49-,50-,51+,52+,53+,54-,55-,56-,57?/m0/s1. The largest absolute Gasteiger partial charge is 0.481 e. The number of nitrogens with two attached hydrogens (primary N) is 1. The number of nitrogens with one attached hydrogen (secondary N) is 6. The number of carboxylic acids is 5. The molecule has 602 valence electrons. The first-order chi connectivity index (χ1) is 50.8. The van der Waals surface area contributed by atoms with Crippen molar-refractivity contribution in [3.63, 3.8) is 0 Å². The average Bonchev–Trinajstić information content (AvgIpc) is 1.51. The van der Waals surface area contributed by atoms with E-state index in [0.29, 0.717) is 36.1 Å². The van der Waals surface area contributed by atoms with Crippen molar-refractivity contribution >= 4 is 123 Å². The Morgan fingerprint density at radius 2 is 0.944 bits per heavy atom. The number of carboxylic acid groups (broad SMARTS) is 5. The number of carbonyl (C=O) groups is 19. The first-order valence-corrected chi connectivity index (χ1v) is 37.9. The highest BCUT2D eigenvalue weighted by Gasteiger charge is 2.39. The van der Waals surface area contributed by atoms with Gasteiger partial charge in [-0.15, -0.1) is 0 Å². The lowest BCUT2D eigenvalue weighted by atomic mass is 9.88. The van der Waals surface area contributed by atoms with Crippen LogP contribution in [0.3, 0.4) is 0 Å². The van der Waals surface area contributed by atoms with Crippen molar-refractivity contribution in [3.8, 4) is 0 Å². The zero-order valence-electron chi connectivity index (χ0n) is 62.8. The molecule has 7 amide bonds. The van der Waals surface area contributed by atoms with E-state index in [1.165, 1.54) is 47.9 Å². The summed E-state index contributed by atoms with van der Waals surface area (Å²) in [6, 6.07) is -2.85. The number of unbranched alkanes of at least 4 members (excludes halogenated alkanes) is 1.